The first-order valence-corrected chi connectivity index (χ1v) is 10.4. The lowest BCUT2D eigenvalue weighted by atomic mass is 9.99. The minimum absolute atomic E-state index is 0.157. The predicted molar refractivity (Wildman–Crippen MR) is 119 cm³/mol. The van der Waals surface area contributed by atoms with Crippen LogP contribution < -0.4 is 15.0 Å². The molecular formula is C24H25FN4O2. The molecule has 1 aromatic heterocycles. The number of rotatable bonds is 6. The average molecular weight is 420 g/mol. The highest BCUT2D eigenvalue weighted by Crippen LogP contribution is 2.24. The Morgan fingerprint density at radius 2 is 1.74 bits per heavy atom. The number of benzene rings is 2. The largest absolute Gasteiger partial charge is 0.484 e. The molecule has 2 heterocycles. The summed E-state index contributed by atoms with van der Waals surface area (Å²) < 4.78 is 18.3. The first kappa shape index (κ1) is 20.8. The van der Waals surface area contributed by atoms with Crippen LogP contribution >= 0.6 is 0 Å². The molecule has 2 aromatic carbocycles. The fourth-order valence-electron chi connectivity index (χ4n) is 3.49. The van der Waals surface area contributed by atoms with E-state index in [0.717, 1.165) is 36.1 Å². The van der Waals surface area contributed by atoms with Crippen LogP contribution in [0.15, 0.2) is 60.7 Å². The third-order valence-corrected chi connectivity index (χ3v) is 5.41. The first-order chi connectivity index (χ1) is 15.1. The highest BCUT2D eigenvalue weighted by Gasteiger charge is 2.17. The third-order valence-electron chi connectivity index (χ3n) is 5.41. The standard InChI is InChI=1S/C24H25FN4O2/c1-17-12-14-29(15-13-17)23-11-10-22(27-28-23)18-2-6-20(7-3-18)26-24(30)16-31-21-8-4-19(25)5-9-21/h2-11,17H,12-16H2,1H3,(H,26,30). The zero-order chi connectivity index (χ0) is 21.6. The summed E-state index contributed by atoms with van der Waals surface area (Å²) in [5.74, 6) is 1.49. The molecule has 6 nitrogen and oxygen atoms in total. The van der Waals surface area contributed by atoms with Gasteiger partial charge in [-0.25, -0.2) is 4.39 Å². The minimum Gasteiger partial charge on any atom is -0.484 e. The van der Waals surface area contributed by atoms with E-state index in [2.05, 4.69) is 27.3 Å². The van der Waals surface area contributed by atoms with Crippen LogP contribution in [0.5, 0.6) is 5.75 Å². The van der Waals surface area contributed by atoms with Crippen molar-refractivity contribution in [2.75, 3.05) is 29.9 Å². The molecule has 1 fully saturated rings. The number of carbonyl (C=O) groups excluding carboxylic acids is 1. The Morgan fingerprint density at radius 3 is 2.39 bits per heavy atom. The maximum absolute atomic E-state index is 12.9. The van der Waals surface area contributed by atoms with Crippen LogP contribution in [0.25, 0.3) is 11.3 Å². The van der Waals surface area contributed by atoms with Gasteiger partial charge in [0, 0.05) is 24.3 Å². The lowest BCUT2D eigenvalue weighted by molar-refractivity contribution is -0.118. The molecular weight excluding hydrogens is 395 g/mol. The first-order valence-electron chi connectivity index (χ1n) is 10.4. The van der Waals surface area contributed by atoms with E-state index in [-0.39, 0.29) is 18.3 Å². The second-order valence-electron chi connectivity index (χ2n) is 7.81. The molecule has 1 aliphatic heterocycles. The van der Waals surface area contributed by atoms with E-state index in [1.165, 1.54) is 37.1 Å². The van der Waals surface area contributed by atoms with Gasteiger partial charge in [0.1, 0.15) is 11.6 Å². The second kappa shape index (κ2) is 9.55. The molecule has 1 N–H and O–H groups in total. The monoisotopic (exact) mass is 420 g/mol. The van der Waals surface area contributed by atoms with Gasteiger partial charge >= 0.3 is 0 Å². The number of hydrogen-bond donors (Lipinski definition) is 1. The molecule has 0 atom stereocenters. The van der Waals surface area contributed by atoms with Crippen molar-refractivity contribution in [2.24, 2.45) is 5.92 Å². The second-order valence-corrected chi connectivity index (χ2v) is 7.81. The summed E-state index contributed by atoms with van der Waals surface area (Å²) in [6.07, 6.45) is 2.37. The summed E-state index contributed by atoms with van der Waals surface area (Å²) in [6.45, 7) is 4.18. The van der Waals surface area contributed by atoms with Crippen LogP contribution in [0.4, 0.5) is 15.9 Å². The maximum atomic E-state index is 12.9. The fourth-order valence-corrected chi connectivity index (χ4v) is 3.49. The summed E-state index contributed by atoms with van der Waals surface area (Å²) in [7, 11) is 0. The Hall–Kier alpha value is -3.48. The summed E-state index contributed by atoms with van der Waals surface area (Å²) >= 11 is 0. The van der Waals surface area contributed by atoms with Crippen molar-refractivity contribution >= 4 is 17.4 Å². The number of ether oxygens (including phenoxy) is 1. The van der Waals surface area contributed by atoms with E-state index < -0.39 is 0 Å². The number of piperidine rings is 1. The van der Waals surface area contributed by atoms with Gasteiger partial charge in [0.05, 0.1) is 5.69 Å². The number of nitrogens with one attached hydrogen (secondary N) is 1. The van der Waals surface area contributed by atoms with Gasteiger partial charge in [-0.15, -0.1) is 10.2 Å². The van der Waals surface area contributed by atoms with Gasteiger partial charge < -0.3 is 15.0 Å². The molecule has 0 bridgehead atoms. The molecule has 31 heavy (non-hydrogen) atoms. The third kappa shape index (κ3) is 5.57. The molecule has 7 heteroatoms. The maximum Gasteiger partial charge on any atom is 0.262 e. The lowest BCUT2D eigenvalue weighted by Gasteiger charge is -2.30. The molecule has 1 amide bonds. The van der Waals surface area contributed by atoms with Crippen LogP contribution in [0, 0.1) is 11.7 Å². The van der Waals surface area contributed by atoms with E-state index in [1.807, 2.05) is 36.4 Å². The number of aromatic nitrogens is 2. The minimum atomic E-state index is -0.350. The summed E-state index contributed by atoms with van der Waals surface area (Å²) in [5.41, 5.74) is 2.36. The number of anilines is 2. The quantitative estimate of drug-likeness (QED) is 0.634. The van der Waals surface area contributed by atoms with E-state index in [1.54, 1.807) is 0 Å². The zero-order valence-electron chi connectivity index (χ0n) is 17.4. The van der Waals surface area contributed by atoms with Crippen molar-refractivity contribution in [2.45, 2.75) is 19.8 Å². The number of halogens is 1. The van der Waals surface area contributed by atoms with Crippen molar-refractivity contribution in [3.63, 3.8) is 0 Å². The van der Waals surface area contributed by atoms with E-state index in [9.17, 15) is 9.18 Å². The highest BCUT2D eigenvalue weighted by atomic mass is 19.1. The molecule has 0 radical (unpaired) electrons. The molecule has 3 aromatic rings. The number of carbonyl (C=O) groups is 1. The van der Waals surface area contributed by atoms with Crippen LogP contribution in [-0.4, -0.2) is 35.8 Å². The molecule has 4 rings (SSSR count). The lowest BCUT2D eigenvalue weighted by Crippen LogP contribution is -2.33. The Kier molecular flexibility index (Phi) is 6.40. The van der Waals surface area contributed by atoms with Gasteiger partial charge in [-0.1, -0.05) is 19.1 Å². The smallest absolute Gasteiger partial charge is 0.262 e. The van der Waals surface area contributed by atoms with Crippen LogP contribution in [0.1, 0.15) is 19.8 Å². The molecule has 0 saturated carbocycles. The average Bonchev–Trinajstić information content (AvgIpc) is 2.80. The zero-order valence-corrected chi connectivity index (χ0v) is 17.4. The van der Waals surface area contributed by atoms with Gasteiger partial charge in [0.15, 0.2) is 12.4 Å². The number of amides is 1. The summed E-state index contributed by atoms with van der Waals surface area (Å²) in [4.78, 5) is 14.4. The van der Waals surface area contributed by atoms with E-state index in [0.29, 0.717) is 11.4 Å². The van der Waals surface area contributed by atoms with Crippen LogP contribution in [0.2, 0.25) is 0 Å². The SMILES string of the molecule is CC1CCN(c2ccc(-c3ccc(NC(=O)COc4ccc(F)cc4)cc3)nn2)CC1. The summed E-state index contributed by atoms with van der Waals surface area (Å²) in [5, 5.41) is 11.6. The van der Waals surface area contributed by atoms with Gasteiger partial charge in [0.25, 0.3) is 5.91 Å². The van der Waals surface area contributed by atoms with E-state index >= 15 is 0 Å². The van der Waals surface area contributed by atoms with E-state index in [4.69, 9.17) is 4.74 Å². The molecule has 0 spiro atoms. The summed E-state index contributed by atoms with van der Waals surface area (Å²) in [6, 6.07) is 16.9. The number of hydrogen-bond acceptors (Lipinski definition) is 5. The molecule has 160 valence electrons. The highest BCUT2D eigenvalue weighted by molar-refractivity contribution is 5.92. The van der Waals surface area contributed by atoms with Crippen molar-refractivity contribution in [1.29, 1.82) is 0 Å². The predicted octanol–water partition coefficient (Wildman–Crippen LogP) is 4.54. The van der Waals surface area contributed by atoms with Crippen molar-refractivity contribution in [3.05, 3.63) is 66.5 Å². The molecule has 1 aliphatic rings. The molecule has 0 aliphatic carbocycles. The topological polar surface area (TPSA) is 67.4 Å². The Morgan fingerprint density at radius 1 is 1.03 bits per heavy atom. The fraction of sp³-hybridized carbons (Fsp3) is 0.292. The Balaban J connectivity index is 1.31. The van der Waals surface area contributed by atoms with Gasteiger partial charge in [-0.2, -0.15) is 0 Å². The Bertz CT molecular complexity index is 999. The Labute approximate surface area is 181 Å². The van der Waals surface area contributed by atoms with Crippen molar-refractivity contribution < 1.29 is 13.9 Å². The number of nitrogens with zero attached hydrogens (tertiary/aromatic N) is 3. The van der Waals surface area contributed by atoms with Gasteiger partial charge in [-0.3, -0.25) is 4.79 Å². The van der Waals surface area contributed by atoms with Crippen LogP contribution in [0.3, 0.4) is 0 Å². The van der Waals surface area contributed by atoms with Crippen molar-refractivity contribution in [3.8, 4) is 17.0 Å². The molecule has 1 saturated heterocycles. The van der Waals surface area contributed by atoms with Gasteiger partial charge in [-0.05, 0) is 67.3 Å². The molecule has 0 unspecified atom stereocenters. The van der Waals surface area contributed by atoms with Crippen LogP contribution in [-0.2, 0) is 4.79 Å². The normalized spacial score (nSPS) is 14.3. The van der Waals surface area contributed by atoms with Gasteiger partial charge in [0.2, 0.25) is 0 Å². The van der Waals surface area contributed by atoms with Crippen molar-refractivity contribution in [1.82, 2.24) is 10.2 Å².